The molecule has 0 radical (unpaired) electrons. The average molecular weight is 379 g/mol. The van der Waals surface area contributed by atoms with E-state index in [1.165, 1.54) is 43.5 Å². The molecule has 0 fully saturated rings. The number of hydrogen-bond donors (Lipinski definition) is 0. The Bertz CT molecular complexity index is 866. The summed E-state index contributed by atoms with van der Waals surface area (Å²) in [7, 11) is 2.38. The molecule has 8 heteroatoms. The molecule has 0 amide bonds. The Kier molecular flexibility index (Phi) is 5.86. The molecule has 1 aromatic rings. The lowest BCUT2D eigenvalue weighted by molar-refractivity contribution is -0.139. The highest BCUT2D eigenvalue weighted by molar-refractivity contribution is 6.42. The second kappa shape index (κ2) is 7.88. The van der Waals surface area contributed by atoms with E-state index in [4.69, 9.17) is 32.7 Å². The second-order valence-electron chi connectivity index (χ2n) is 4.71. The van der Waals surface area contributed by atoms with Crippen LogP contribution in [0.3, 0.4) is 0 Å². The maximum atomic E-state index is 12.3. The van der Waals surface area contributed by atoms with Gasteiger partial charge in [-0.05, 0) is 24.3 Å². The van der Waals surface area contributed by atoms with Crippen LogP contribution in [0.25, 0.3) is 0 Å². The van der Waals surface area contributed by atoms with Gasteiger partial charge in [0, 0.05) is 6.20 Å². The molecular formula is C17H12Cl2N2O4. The van der Waals surface area contributed by atoms with Gasteiger partial charge in [0.05, 0.1) is 41.1 Å². The van der Waals surface area contributed by atoms with Gasteiger partial charge in [-0.15, -0.1) is 0 Å². The van der Waals surface area contributed by atoms with Crippen molar-refractivity contribution in [2.24, 2.45) is 0 Å². The Morgan fingerprint density at radius 2 is 1.72 bits per heavy atom. The van der Waals surface area contributed by atoms with Crippen molar-refractivity contribution in [1.29, 1.82) is 5.26 Å². The van der Waals surface area contributed by atoms with Gasteiger partial charge in [0.2, 0.25) is 0 Å². The van der Waals surface area contributed by atoms with Gasteiger partial charge in [0.25, 0.3) is 0 Å². The summed E-state index contributed by atoms with van der Waals surface area (Å²) < 4.78 is 9.52. The number of esters is 2. The van der Waals surface area contributed by atoms with Crippen molar-refractivity contribution in [3.63, 3.8) is 0 Å². The van der Waals surface area contributed by atoms with Crippen LogP contribution in [0.15, 0.2) is 47.8 Å². The lowest BCUT2D eigenvalue weighted by Gasteiger charge is -2.24. The maximum absolute atomic E-state index is 12.3. The van der Waals surface area contributed by atoms with Crippen LogP contribution < -0.4 is 4.90 Å². The summed E-state index contributed by atoms with van der Waals surface area (Å²) in [5.74, 6) is -1.52. The van der Waals surface area contributed by atoms with Gasteiger partial charge in [0.1, 0.15) is 11.8 Å². The Balaban J connectivity index is 2.78. The predicted octanol–water partition coefficient (Wildman–Crippen LogP) is 3.36. The number of allylic oxidation sites excluding steroid dienone is 2. The third kappa shape index (κ3) is 3.68. The van der Waals surface area contributed by atoms with Gasteiger partial charge in [-0.1, -0.05) is 29.3 Å². The SMILES string of the molecule is COC(=O)C1=C(C(=O)OC)N(c2cc(Cl)c(Cl)cc2C#N)C=CC=C1. The molecule has 0 aliphatic carbocycles. The number of carbonyl (C=O) groups excluding carboxylic acids is 2. The van der Waals surface area contributed by atoms with Crippen molar-refractivity contribution in [2.75, 3.05) is 19.1 Å². The molecule has 1 aliphatic rings. The standard InChI is InChI=1S/C17H12Cl2N2O4/c1-24-16(22)11-5-3-4-6-21(15(11)17(23)25-2)14-8-13(19)12(18)7-10(14)9-20/h3-8H,1-2H3. The molecular weight excluding hydrogens is 367 g/mol. The topological polar surface area (TPSA) is 79.6 Å². The van der Waals surface area contributed by atoms with Crippen LogP contribution >= 0.6 is 23.2 Å². The molecule has 0 spiro atoms. The van der Waals surface area contributed by atoms with Crippen molar-refractivity contribution >= 4 is 40.8 Å². The van der Waals surface area contributed by atoms with Crippen LogP contribution in [-0.2, 0) is 19.1 Å². The molecule has 0 N–H and O–H groups in total. The van der Waals surface area contributed by atoms with E-state index in [1.807, 2.05) is 6.07 Å². The van der Waals surface area contributed by atoms with Crippen LogP contribution in [0.5, 0.6) is 0 Å². The van der Waals surface area contributed by atoms with Crippen molar-refractivity contribution in [3.05, 3.63) is 63.4 Å². The van der Waals surface area contributed by atoms with Crippen molar-refractivity contribution in [2.45, 2.75) is 0 Å². The Morgan fingerprint density at radius 3 is 2.32 bits per heavy atom. The van der Waals surface area contributed by atoms with Crippen LogP contribution in [0, 0.1) is 11.3 Å². The Labute approximate surface area is 154 Å². The molecule has 0 bridgehead atoms. The Hall–Kier alpha value is -2.75. The molecule has 0 aromatic heterocycles. The van der Waals surface area contributed by atoms with E-state index in [-0.39, 0.29) is 32.6 Å². The van der Waals surface area contributed by atoms with E-state index in [9.17, 15) is 14.9 Å². The molecule has 0 saturated heterocycles. The zero-order valence-corrected chi connectivity index (χ0v) is 14.8. The molecule has 1 aliphatic heterocycles. The molecule has 6 nitrogen and oxygen atoms in total. The average Bonchev–Trinajstić information content (AvgIpc) is 2.85. The third-order valence-corrected chi connectivity index (χ3v) is 4.03. The first kappa shape index (κ1) is 18.6. The van der Waals surface area contributed by atoms with Crippen LogP contribution in [0.4, 0.5) is 5.69 Å². The fourth-order valence-electron chi connectivity index (χ4n) is 2.18. The summed E-state index contributed by atoms with van der Waals surface area (Å²) in [5, 5.41) is 9.77. The van der Waals surface area contributed by atoms with E-state index in [0.29, 0.717) is 0 Å². The van der Waals surface area contributed by atoms with Gasteiger partial charge in [0.15, 0.2) is 0 Å². The number of hydrogen-bond acceptors (Lipinski definition) is 6. The molecule has 0 unspecified atom stereocenters. The first-order valence-electron chi connectivity index (χ1n) is 6.88. The lowest BCUT2D eigenvalue weighted by Crippen LogP contribution is -2.27. The smallest absolute Gasteiger partial charge is 0.355 e. The number of ether oxygens (including phenoxy) is 2. The largest absolute Gasteiger partial charge is 0.465 e. The number of methoxy groups -OCH3 is 2. The molecule has 2 rings (SSSR count). The zero-order valence-electron chi connectivity index (χ0n) is 13.2. The fraction of sp³-hybridized carbons (Fsp3) is 0.118. The zero-order chi connectivity index (χ0) is 18.6. The predicted molar refractivity (Wildman–Crippen MR) is 93.0 cm³/mol. The van der Waals surface area contributed by atoms with Gasteiger partial charge in [-0.25, -0.2) is 9.59 Å². The summed E-state index contributed by atoms with van der Waals surface area (Å²) in [6.07, 6.45) is 6.05. The van der Waals surface area contributed by atoms with E-state index >= 15 is 0 Å². The lowest BCUT2D eigenvalue weighted by atomic mass is 10.1. The monoisotopic (exact) mass is 378 g/mol. The second-order valence-corrected chi connectivity index (χ2v) is 5.53. The molecule has 1 aromatic carbocycles. The number of anilines is 1. The first-order valence-corrected chi connectivity index (χ1v) is 7.64. The van der Waals surface area contributed by atoms with Crippen molar-refractivity contribution in [1.82, 2.24) is 0 Å². The highest BCUT2D eigenvalue weighted by Crippen LogP contribution is 2.34. The fourth-order valence-corrected chi connectivity index (χ4v) is 2.50. The molecule has 0 atom stereocenters. The van der Waals surface area contributed by atoms with E-state index in [1.54, 1.807) is 12.2 Å². The van der Waals surface area contributed by atoms with E-state index < -0.39 is 11.9 Å². The van der Waals surface area contributed by atoms with Crippen LogP contribution in [-0.4, -0.2) is 26.2 Å². The van der Waals surface area contributed by atoms with Gasteiger partial charge in [-0.3, -0.25) is 0 Å². The minimum atomic E-state index is -0.786. The molecule has 1 heterocycles. The summed E-state index contributed by atoms with van der Waals surface area (Å²) in [6, 6.07) is 4.79. The summed E-state index contributed by atoms with van der Waals surface area (Å²) in [6.45, 7) is 0. The number of rotatable bonds is 3. The highest BCUT2D eigenvalue weighted by Gasteiger charge is 2.29. The third-order valence-electron chi connectivity index (χ3n) is 3.31. The number of carbonyl (C=O) groups is 2. The summed E-state index contributed by atoms with van der Waals surface area (Å²) >= 11 is 12.0. The maximum Gasteiger partial charge on any atom is 0.355 e. The minimum Gasteiger partial charge on any atom is -0.465 e. The Morgan fingerprint density at radius 1 is 1.08 bits per heavy atom. The molecule has 0 saturated carbocycles. The normalized spacial score (nSPS) is 13.3. The summed E-state index contributed by atoms with van der Waals surface area (Å²) in [5.41, 5.74) is 0.272. The minimum absolute atomic E-state index is 0.0330. The summed E-state index contributed by atoms with van der Waals surface area (Å²) in [4.78, 5) is 25.8. The molecule has 128 valence electrons. The van der Waals surface area contributed by atoms with Crippen molar-refractivity contribution in [3.8, 4) is 6.07 Å². The van der Waals surface area contributed by atoms with E-state index in [0.717, 1.165) is 0 Å². The number of halogens is 2. The quantitative estimate of drug-likeness (QED) is 0.750. The highest BCUT2D eigenvalue weighted by atomic mass is 35.5. The van der Waals surface area contributed by atoms with Crippen molar-refractivity contribution < 1.29 is 19.1 Å². The van der Waals surface area contributed by atoms with Crippen LogP contribution in [0.1, 0.15) is 5.56 Å². The van der Waals surface area contributed by atoms with Gasteiger partial charge < -0.3 is 14.4 Å². The van der Waals surface area contributed by atoms with Crippen LogP contribution in [0.2, 0.25) is 10.0 Å². The van der Waals surface area contributed by atoms with Gasteiger partial charge >= 0.3 is 11.9 Å². The number of nitriles is 1. The number of nitrogens with zero attached hydrogens (tertiary/aromatic N) is 2. The van der Waals surface area contributed by atoms with E-state index in [2.05, 4.69) is 0 Å². The first-order chi connectivity index (χ1) is 11.9. The number of benzene rings is 1. The van der Waals surface area contributed by atoms with Gasteiger partial charge in [-0.2, -0.15) is 5.26 Å². The molecule has 25 heavy (non-hydrogen) atoms.